The van der Waals surface area contributed by atoms with Gasteiger partial charge >= 0.3 is 11.9 Å². The number of rotatable bonds is 4. The summed E-state index contributed by atoms with van der Waals surface area (Å²) in [5, 5.41) is 8.92. The lowest BCUT2D eigenvalue weighted by Gasteiger charge is -2.48. The molecule has 1 N–H and O–H groups in total. The number of hydrogen-bond acceptors (Lipinski definition) is 6. The summed E-state index contributed by atoms with van der Waals surface area (Å²) in [5.41, 5.74) is 0.329. The molecule has 1 amide bonds. The molecule has 0 aromatic heterocycles. The minimum absolute atomic E-state index is 0.0942. The van der Waals surface area contributed by atoms with Crippen molar-refractivity contribution in [3.8, 4) is 0 Å². The molecule has 2 atom stereocenters. The third-order valence-corrected chi connectivity index (χ3v) is 4.22. The van der Waals surface area contributed by atoms with E-state index >= 15 is 0 Å². The third-order valence-electron chi connectivity index (χ3n) is 2.90. The first-order chi connectivity index (χ1) is 8.97. The number of carbonyl (C=O) groups excluding carboxylic acids is 2. The number of carboxylic acid groups (broad SMARTS) is 1. The van der Waals surface area contributed by atoms with Crippen LogP contribution in [0.3, 0.4) is 0 Å². The quantitative estimate of drug-likeness (QED) is 0.566. The van der Waals surface area contributed by atoms with Gasteiger partial charge in [-0.2, -0.15) is 0 Å². The molecule has 0 bridgehead atoms. The lowest BCUT2D eigenvalue weighted by Crippen LogP contribution is -2.65. The van der Waals surface area contributed by atoms with Crippen LogP contribution in [0.5, 0.6) is 0 Å². The normalized spacial score (nSPS) is 25.8. The number of amides is 1. The molecule has 8 heteroatoms. The second-order valence-electron chi connectivity index (χ2n) is 4.10. The number of β-lactam (4-membered cyclic amide) rings is 1. The number of methoxy groups -OCH3 is 1. The van der Waals surface area contributed by atoms with E-state index in [9.17, 15) is 19.5 Å². The van der Waals surface area contributed by atoms with E-state index in [0.717, 1.165) is 0 Å². The summed E-state index contributed by atoms with van der Waals surface area (Å²) < 4.78 is 9.83. The van der Waals surface area contributed by atoms with Crippen molar-refractivity contribution in [2.75, 3.05) is 19.5 Å². The van der Waals surface area contributed by atoms with Crippen LogP contribution in [0.15, 0.2) is 11.3 Å². The molecule has 0 aromatic carbocycles. The summed E-state index contributed by atoms with van der Waals surface area (Å²) in [5.74, 6) is -1.68. The standard InChI is InChI=1S/C11H13NO6S/c1-5(13)18-3-6-4-19-10-8(17-2)9(14)12(10)7(6)11(15)16/h8,10H,3-4H2,1-2H3,(H,15,16)/t8-,10?/m0/s1. The molecular formula is C11H13NO6S. The van der Waals surface area contributed by atoms with Crippen molar-refractivity contribution in [2.45, 2.75) is 18.4 Å². The lowest BCUT2D eigenvalue weighted by atomic mass is 10.1. The van der Waals surface area contributed by atoms with Crippen molar-refractivity contribution in [3.05, 3.63) is 11.3 Å². The van der Waals surface area contributed by atoms with Crippen LogP contribution >= 0.6 is 11.8 Å². The van der Waals surface area contributed by atoms with Crippen molar-refractivity contribution < 1.29 is 29.0 Å². The van der Waals surface area contributed by atoms with Crippen LogP contribution < -0.4 is 0 Å². The first-order valence-corrected chi connectivity index (χ1v) is 6.58. The van der Waals surface area contributed by atoms with Gasteiger partial charge in [-0.1, -0.05) is 0 Å². The Hall–Kier alpha value is -1.54. The molecule has 0 radical (unpaired) electrons. The van der Waals surface area contributed by atoms with Gasteiger partial charge in [0.2, 0.25) is 0 Å². The number of ether oxygens (including phenoxy) is 2. The largest absolute Gasteiger partial charge is 0.477 e. The molecule has 2 rings (SSSR count). The van der Waals surface area contributed by atoms with Crippen LogP contribution in [-0.4, -0.2) is 58.8 Å². The fraction of sp³-hybridized carbons (Fsp3) is 0.545. The topological polar surface area (TPSA) is 93.1 Å². The summed E-state index contributed by atoms with van der Waals surface area (Å²) >= 11 is 1.40. The first kappa shape index (κ1) is 13.9. The maximum absolute atomic E-state index is 11.8. The average Bonchev–Trinajstić information content (AvgIpc) is 2.35. The van der Waals surface area contributed by atoms with Gasteiger partial charge in [0.25, 0.3) is 5.91 Å². The van der Waals surface area contributed by atoms with Crippen molar-refractivity contribution in [1.29, 1.82) is 0 Å². The van der Waals surface area contributed by atoms with Gasteiger partial charge in [-0.3, -0.25) is 14.5 Å². The fourth-order valence-electron chi connectivity index (χ4n) is 2.03. The maximum Gasteiger partial charge on any atom is 0.352 e. The van der Waals surface area contributed by atoms with Crippen molar-refractivity contribution in [2.24, 2.45) is 0 Å². The highest BCUT2D eigenvalue weighted by atomic mass is 32.2. The fourth-order valence-corrected chi connectivity index (χ4v) is 3.38. The van der Waals surface area contributed by atoms with Gasteiger partial charge in [-0.05, 0) is 0 Å². The molecule has 1 unspecified atom stereocenters. The van der Waals surface area contributed by atoms with Crippen LogP contribution in [0.2, 0.25) is 0 Å². The number of aliphatic carboxylic acids is 1. The summed E-state index contributed by atoms with van der Waals surface area (Å²) in [6, 6.07) is 0. The molecule has 2 heterocycles. The monoisotopic (exact) mass is 287 g/mol. The van der Waals surface area contributed by atoms with E-state index in [1.807, 2.05) is 0 Å². The Labute approximate surface area is 113 Å². The molecule has 0 saturated carbocycles. The molecular weight excluding hydrogens is 274 g/mol. The zero-order valence-corrected chi connectivity index (χ0v) is 11.2. The molecule has 0 aliphatic carbocycles. The van der Waals surface area contributed by atoms with Crippen LogP contribution in [0, 0.1) is 0 Å². The molecule has 2 aliphatic heterocycles. The third kappa shape index (κ3) is 2.33. The molecule has 1 fully saturated rings. The number of thioether (sulfide) groups is 1. The summed E-state index contributed by atoms with van der Waals surface area (Å²) in [6.45, 7) is 1.13. The number of esters is 1. The zero-order valence-electron chi connectivity index (χ0n) is 10.4. The highest BCUT2D eigenvalue weighted by molar-refractivity contribution is 8.00. The molecule has 104 valence electrons. The van der Waals surface area contributed by atoms with E-state index in [2.05, 4.69) is 0 Å². The Morgan fingerprint density at radius 3 is 2.74 bits per heavy atom. The van der Waals surface area contributed by atoms with Crippen molar-refractivity contribution in [1.82, 2.24) is 4.90 Å². The predicted molar refractivity (Wildman–Crippen MR) is 65.2 cm³/mol. The molecule has 2 aliphatic rings. The lowest BCUT2D eigenvalue weighted by molar-refractivity contribution is -0.162. The van der Waals surface area contributed by atoms with Gasteiger partial charge in [0.05, 0.1) is 0 Å². The van der Waals surface area contributed by atoms with Gasteiger partial charge in [0, 0.05) is 25.4 Å². The Bertz CT molecular complexity index is 474. The van der Waals surface area contributed by atoms with E-state index in [1.165, 1.54) is 30.7 Å². The summed E-state index contributed by atoms with van der Waals surface area (Å²) in [6.07, 6.45) is -0.602. The van der Waals surface area contributed by atoms with E-state index < -0.39 is 18.0 Å². The first-order valence-electron chi connectivity index (χ1n) is 5.53. The number of fused-ring (bicyclic) bond motifs is 1. The van der Waals surface area contributed by atoms with Gasteiger partial charge in [0.15, 0.2) is 6.10 Å². The van der Waals surface area contributed by atoms with Crippen LogP contribution in [0.4, 0.5) is 0 Å². The number of carboxylic acids is 1. The summed E-state index contributed by atoms with van der Waals surface area (Å²) in [7, 11) is 1.42. The Kier molecular flexibility index (Phi) is 3.81. The van der Waals surface area contributed by atoms with Gasteiger partial charge in [-0.25, -0.2) is 4.79 Å². The highest BCUT2D eigenvalue weighted by Gasteiger charge is 2.54. The van der Waals surface area contributed by atoms with E-state index in [-0.39, 0.29) is 23.6 Å². The molecule has 7 nitrogen and oxygen atoms in total. The van der Waals surface area contributed by atoms with Crippen LogP contribution in [0.25, 0.3) is 0 Å². The Morgan fingerprint density at radius 2 is 2.21 bits per heavy atom. The maximum atomic E-state index is 11.8. The minimum atomic E-state index is -1.20. The molecule has 0 aromatic rings. The molecule has 19 heavy (non-hydrogen) atoms. The average molecular weight is 287 g/mol. The predicted octanol–water partition coefficient (Wildman–Crippen LogP) is -0.182. The SMILES string of the molecule is CO[C@H]1C(=O)N2C(C(=O)O)=C(COC(C)=O)CSC12. The number of carbonyl (C=O) groups is 3. The second-order valence-corrected chi connectivity index (χ2v) is 5.21. The zero-order chi connectivity index (χ0) is 14.2. The highest BCUT2D eigenvalue weighted by Crippen LogP contribution is 2.41. The Balaban J connectivity index is 2.25. The van der Waals surface area contributed by atoms with Crippen molar-refractivity contribution in [3.63, 3.8) is 0 Å². The second kappa shape index (κ2) is 5.22. The van der Waals surface area contributed by atoms with E-state index in [0.29, 0.717) is 11.3 Å². The molecule has 1 saturated heterocycles. The van der Waals surface area contributed by atoms with Crippen LogP contribution in [0.1, 0.15) is 6.92 Å². The van der Waals surface area contributed by atoms with Gasteiger partial charge in [0.1, 0.15) is 17.7 Å². The summed E-state index contributed by atoms with van der Waals surface area (Å²) in [4.78, 5) is 35.1. The number of hydrogen-bond donors (Lipinski definition) is 1. The van der Waals surface area contributed by atoms with E-state index in [1.54, 1.807) is 0 Å². The number of nitrogens with zero attached hydrogens (tertiary/aromatic N) is 1. The molecule has 0 spiro atoms. The van der Waals surface area contributed by atoms with Crippen molar-refractivity contribution >= 4 is 29.6 Å². The smallest absolute Gasteiger partial charge is 0.352 e. The Morgan fingerprint density at radius 1 is 1.53 bits per heavy atom. The van der Waals surface area contributed by atoms with Gasteiger partial charge < -0.3 is 14.6 Å². The van der Waals surface area contributed by atoms with Gasteiger partial charge in [-0.15, -0.1) is 11.8 Å². The minimum Gasteiger partial charge on any atom is -0.477 e. The van der Waals surface area contributed by atoms with E-state index in [4.69, 9.17) is 9.47 Å². The van der Waals surface area contributed by atoms with Crippen LogP contribution in [-0.2, 0) is 23.9 Å².